The molecule has 16 heavy (non-hydrogen) atoms. The van der Waals surface area contributed by atoms with Crippen LogP contribution < -0.4 is 15.2 Å². The molecule has 2 aliphatic carbocycles. The van der Waals surface area contributed by atoms with E-state index in [-0.39, 0.29) is 18.0 Å². The van der Waals surface area contributed by atoms with Gasteiger partial charge in [0, 0.05) is 18.0 Å². The second-order valence-electron chi connectivity index (χ2n) is 4.56. The first-order chi connectivity index (χ1) is 7.48. The molecule has 0 aromatic rings. The highest BCUT2D eigenvalue weighted by Gasteiger charge is 2.34. The fraction of sp³-hybridized carbons (Fsp3) is 0.889. The average Bonchev–Trinajstić information content (AvgIpc) is 2.80. The zero-order valence-corrected chi connectivity index (χ0v) is 10.6. The van der Waals surface area contributed by atoms with Gasteiger partial charge in [-0.1, -0.05) is 18.6 Å². The van der Waals surface area contributed by atoms with Crippen molar-refractivity contribution in [2.75, 3.05) is 0 Å². The van der Waals surface area contributed by atoms with Crippen LogP contribution in [0, 0.1) is 5.92 Å². The van der Waals surface area contributed by atoms with E-state index >= 15 is 0 Å². The topological polar surface area (TPSA) is 84.2 Å². The van der Waals surface area contributed by atoms with Crippen molar-refractivity contribution in [2.45, 2.75) is 44.2 Å². The molecule has 92 valence electrons. The van der Waals surface area contributed by atoms with Crippen LogP contribution in [-0.2, 0) is 10.2 Å². The molecule has 0 bridgehead atoms. The molecule has 0 aromatic heterocycles. The Balaban J connectivity index is 1.94. The van der Waals surface area contributed by atoms with Crippen molar-refractivity contribution in [3.8, 4) is 0 Å². The van der Waals surface area contributed by atoms with Gasteiger partial charge in [0.15, 0.2) is 0 Å². The molecule has 0 heterocycles. The zero-order valence-electron chi connectivity index (χ0n) is 8.98. The van der Waals surface area contributed by atoms with E-state index in [9.17, 15) is 8.42 Å². The van der Waals surface area contributed by atoms with Crippen LogP contribution in [0.3, 0.4) is 0 Å². The first-order valence-corrected chi connectivity index (χ1v) is 7.46. The molecule has 0 aromatic carbocycles. The summed E-state index contributed by atoms with van der Waals surface area (Å²) in [5.41, 5.74) is 5.60. The SMILES string of the molecule is NC(=S)C1CCCC1NS(=O)(=O)NC1CC1. The normalized spacial score (nSPS) is 30.5. The molecule has 0 spiro atoms. The molecule has 2 saturated carbocycles. The molecule has 4 N–H and O–H groups in total. The minimum absolute atomic E-state index is 0.00535. The Hall–Kier alpha value is -0.240. The van der Waals surface area contributed by atoms with Crippen molar-refractivity contribution in [3.63, 3.8) is 0 Å². The van der Waals surface area contributed by atoms with Crippen LogP contribution in [0.2, 0.25) is 0 Å². The van der Waals surface area contributed by atoms with Crippen LogP contribution in [0.15, 0.2) is 0 Å². The van der Waals surface area contributed by atoms with Gasteiger partial charge < -0.3 is 5.73 Å². The van der Waals surface area contributed by atoms with E-state index < -0.39 is 10.2 Å². The van der Waals surface area contributed by atoms with Crippen LogP contribution in [0.25, 0.3) is 0 Å². The first kappa shape index (κ1) is 12.2. The van der Waals surface area contributed by atoms with Gasteiger partial charge in [-0.2, -0.15) is 17.9 Å². The lowest BCUT2D eigenvalue weighted by atomic mass is 10.1. The van der Waals surface area contributed by atoms with E-state index in [4.69, 9.17) is 18.0 Å². The maximum atomic E-state index is 11.7. The second kappa shape index (κ2) is 4.56. The monoisotopic (exact) mass is 263 g/mol. The van der Waals surface area contributed by atoms with E-state index in [1.54, 1.807) is 0 Å². The highest BCUT2D eigenvalue weighted by molar-refractivity contribution is 7.87. The number of thiocarbonyl (C=S) groups is 1. The van der Waals surface area contributed by atoms with Crippen molar-refractivity contribution in [3.05, 3.63) is 0 Å². The Morgan fingerprint density at radius 1 is 1.19 bits per heavy atom. The molecule has 2 aliphatic rings. The molecular formula is C9H17N3O2S2. The Morgan fingerprint density at radius 3 is 2.44 bits per heavy atom. The third-order valence-electron chi connectivity index (χ3n) is 3.09. The van der Waals surface area contributed by atoms with Gasteiger partial charge in [0.1, 0.15) is 0 Å². The molecule has 2 atom stereocenters. The maximum Gasteiger partial charge on any atom is 0.277 e. The summed E-state index contributed by atoms with van der Waals surface area (Å²) in [5, 5.41) is 0. The molecule has 0 saturated heterocycles. The molecule has 5 nitrogen and oxygen atoms in total. The van der Waals surface area contributed by atoms with Gasteiger partial charge in [-0.3, -0.25) is 0 Å². The van der Waals surface area contributed by atoms with E-state index in [0.29, 0.717) is 4.99 Å². The van der Waals surface area contributed by atoms with Gasteiger partial charge in [0.2, 0.25) is 0 Å². The number of hydrogen-bond donors (Lipinski definition) is 3. The molecule has 0 aliphatic heterocycles. The van der Waals surface area contributed by atoms with Gasteiger partial charge >= 0.3 is 0 Å². The minimum Gasteiger partial charge on any atom is -0.393 e. The van der Waals surface area contributed by atoms with Crippen LogP contribution in [0.4, 0.5) is 0 Å². The van der Waals surface area contributed by atoms with Crippen LogP contribution in [0.1, 0.15) is 32.1 Å². The van der Waals surface area contributed by atoms with Gasteiger partial charge in [-0.05, 0) is 25.7 Å². The number of nitrogens with one attached hydrogen (secondary N) is 2. The summed E-state index contributed by atoms with van der Waals surface area (Å²) in [7, 11) is -3.38. The largest absolute Gasteiger partial charge is 0.393 e. The lowest BCUT2D eigenvalue weighted by Gasteiger charge is -2.19. The Kier molecular flexibility index (Phi) is 3.48. The molecule has 2 unspecified atom stereocenters. The van der Waals surface area contributed by atoms with Crippen molar-refractivity contribution in [2.24, 2.45) is 11.7 Å². The van der Waals surface area contributed by atoms with Gasteiger partial charge in [0.05, 0.1) is 4.99 Å². The molecule has 2 fully saturated rings. The molecule has 0 amide bonds. The first-order valence-electron chi connectivity index (χ1n) is 5.57. The molecule has 0 radical (unpaired) electrons. The summed E-state index contributed by atoms with van der Waals surface area (Å²) in [6.07, 6.45) is 4.53. The van der Waals surface area contributed by atoms with Crippen molar-refractivity contribution < 1.29 is 8.42 Å². The third-order valence-corrected chi connectivity index (χ3v) is 4.65. The summed E-state index contributed by atoms with van der Waals surface area (Å²) < 4.78 is 28.6. The number of nitrogens with two attached hydrogens (primary N) is 1. The van der Waals surface area contributed by atoms with E-state index in [1.807, 2.05) is 0 Å². The standard InChI is InChI=1S/C9H17N3O2S2/c10-9(15)7-2-1-3-8(7)12-16(13,14)11-6-4-5-6/h6-8,11-12H,1-5H2,(H2,10,15). The van der Waals surface area contributed by atoms with E-state index in [2.05, 4.69) is 9.44 Å². The van der Waals surface area contributed by atoms with Crippen LogP contribution in [0.5, 0.6) is 0 Å². The zero-order chi connectivity index (χ0) is 11.8. The minimum atomic E-state index is -3.38. The summed E-state index contributed by atoms with van der Waals surface area (Å²) in [5.74, 6) is 0.00535. The summed E-state index contributed by atoms with van der Waals surface area (Å²) in [6, 6.07) is -0.00377. The maximum absolute atomic E-state index is 11.7. The molecule has 7 heteroatoms. The molecular weight excluding hydrogens is 246 g/mol. The smallest absolute Gasteiger partial charge is 0.277 e. The quantitative estimate of drug-likeness (QED) is 0.611. The lowest BCUT2D eigenvalue weighted by Crippen LogP contribution is -2.47. The average molecular weight is 263 g/mol. The predicted molar refractivity (Wildman–Crippen MR) is 66.1 cm³/mol. The summed E-state index contributed by atoms with van der Waals surface area (Å²) in [4.78, 5) is 0.414. The highest BCUT2D eigenvalue weighted by Crippen LogP contribution is 2.27. The fourth-order valence-electron chi connectivity index (χ4n) is 2.10. The highest BCUT2D eigenvalue weighted by atomic mass is 32.2. The van der Waals surface area contributed by atoms with Crippen LogP contribution >= 0.6 is 12.2 Å². The van der Waals surface area contributed by atoms with Crippen molar-refractivity contribution in [1.82, 2.24) is 9.44 Å². The number of hydrogen-bond acceptors (Lipinski definition) is 3. The Bertz CT molecular complexity index is 378. The Labute approximate surface area is 101 Å². The van der Waals surface area contributed by atoms with E-state index in [0.717, 1.165) is 32.1 Å². The second-order valence-corrected chi connectivity index (χ2v) is 6.51. The van der Waals surface area contributed by atoms with Gasteiger partial charge in [-0.25, -0.2) is 0 Å². The third kappa shape index (κ3) is 3.13. The van der Waals surface area contributed by atoms with Crippen molar-refractivity contribution >= 4 is 27.4 Å². The predicted octanol–water partition coefficient (Wildman–Crippen LogP) is 0.0276. The van der Waals surface area contributed by atoms with Crippen molar-refractivity contribution in [1.29, 1.82) is 0 Å². The molecule has 2 rings (SSSR count). The van der Waals surface area contributed by atoms with Gasteiger partial charge in [-0.15, -0.1) is 0 Å². The lowest BCUT2D eigenvalue weighted by molar-refractivity contribution is 0.515. The fourth-order valence-corrected chi connectivity index (χ4v) is 3.80. The Morgan fingerprint density at radius 2 is 1.88 bits per heavy atom. The summed E-state index contributed by atoms with van der Waals surface area (Å²) in [6.45, 7) is 0. The van der Waals surface area contributed by atoms with Gasteiger partial charge in [0.25, 0.3) is 10.2 Å². The summed E-state index contributed by atoms with van der Waals surface area (Å²) >= 11 is 4.94. The van der Waals surface area contributed by atoms with E-state index in [1.165, 1.54) is 0 Å². The number of rotatable bonds is 5. The van der Waals surface area contributed by atoms with Crippen LogP contribution in [-0.4, -0.2) is 25.5 Å².